The Bertz CT molecular complexity index is 841. The van der Waals surface area contributed by atoms with Gasteiger partial charge in [0.2, 0.25) is 0 Å². The number of fused-ring (bicyclic) bond motifs is 1. The van der Waals surface area contributed by atoms with Gasteiger partial charge in [0.25, 0.3) is 0 Å². The van der Waals surface area contributed by atoms with Crippen molar-refractivity contribution in [1.82, 2.24) is 4.98 Å². The quantitative estimate of drug-likeness (QED) is 0.675. The van der Waals surface area contributed by atoms with Crippen LogP contribution in [0.1, 0.15) is 29.7 Å². The molecule has 1 unspecified atom stereocenters. The molecular formula is C20H23ClN2O. The molecule has 1 atom stereocenters. The summed E-state index contributed by atoms with van der Waals surface area (Å²) in [5, 5.41) is 1.91. The van der Waals surface area contributed by atoms with Crippen LogP contribution in [-0.2, 0) is 6.42 Å². The van der Waals surface area contributed by atoms with E-state index in [0.717, 1.165) is 17.7 Å². The number of aromatic amines is 1. The molecule has 0 aliphatic heterocycles. The molecular weight excluding hydrogens is 320 g/mol. The number of H-pyrrole nitrogens is 1. The van der Waals surface area contributed by atoms with E-state index < -0.39 is 0 Å². The van der Waals surface area contributed by atoms with Crippen LogP contribution in [0.5, 0.6) is 5.75 Å². The number of aryl methyl sites for hydroxylation is 1. The van der Waals surface area contributed by atoms with Gasteiger partial charge in [-0.25, -0.2) is 0 Å². The second-order valence-corrected chi connectivity index (χ2v) is 6.45. The molecule has 3 N–H and O–H groups in total. The van der Waals surface area contributed by atoms with E-state index >= 15 is 0 Å². The number of nitrogens with two attached hydrogens (primary N) is 1. The summed E-state index contributed by atoms with van der Waals surface area (Å²) in [5.74, 6) is 0.977. The molecule has 2 aromatic carbocycles. The maximum Gasteiger partial charge on any atom is 0.137 e. The minimum absolute atomic E-state index is 0.246. The molecule has 1 aromatic heterocycles. The molecule has 0 aliphatic rings. The zero-order chi connectivity index (χ0) is 17.1. The van der Waals surface area contributed by atoms with E-state index in [1.807, 2.05) is 25.1 Å². The van der Waals surface area contributed by atoms with Crippen molar-refractivity contribution in [3.8, 4) is 5.75 Å². The third-order valence-corrected chi connectivity index (χ3v) is 4.71. The lowest BCUT2D eigenvalue weighted by Crippen LogP contribution is -2.15. The Morgan fingerprint density at radius 3 is 2.71 bits per heavy atom. The molecule has 0 radical (unpaired) electrons. The fourth-order valence-electron chi connectivity index (χ4n) is 3.36. The monoisotopic (exact) mass is 342 g/mol. The van der Waals surface area contributed by atoms with Gasteiger partial charge in [-0.05, 0) is 56.1 Å². The Labute approximate surface area is 147 Å². The number of aromatic nitrogens is 1. The van der Waals surface area contributed by atoms with E-state index in [4.69, 9.17) is 22.1 Å². The number of benzene rings is 2. The average molecular weight is 343 g/mol. The molecule has 0 bridgehead atoms. The molecule has 3 aromatic rings. The summed E-state index contributed by atoms with van der Waals surface area (Å²) in [6.07, 6.45) is 0.852. The van der Waals surface area contributed by atoms with Crippen molar-refractivity contribution < 1.29 is 4.74 Å². The predicted octanol–water partition coefficient (Wildman–Crippen LogP) is 4.81. The standard InChI is InChI=1S/C20H23ClN2O/c1-3-24-19-9-8-14(11-17(19)21)10-15(12-22)20-13(2)23-18-7-5-4-6-16(18)20/h4-9,11,15,23H,3,10,12,22H2,1-2H3. The lowest BCUT2D eigenvalue weighted by atomic mass is 9.90. The van der Waals surface area contributed by atoms with E-state index in [1.165, 1.54) is 22.2 Å². The normalized spacial score (nSPS) is 12.5. The Morgan fingerprint density at radius 1 is 1.21 bits per heavy atom. The number of hydrogen-bond acceptors (Lipinski definition) is 2. The van der Waals surface area contributed by atoms with Crippen molar-refractivity contribution in [2.24, 2.45) is 5.73 Å². The summed E-state index contributed by atoms with van der Waals surface area (Å²) in [4.78, 5) is 3.46. The molecule has 0 fully saturated rings. The van der Waals surface area contributed by atoms with Crippen molar-refractivity contribution in [3.05, 3.63) is 64.3 Å². The van der Waals surface area contributed by atoms with Crippen molar-refractivity contribution in [3.63, 3.8) is 0 Å². The number of halogens is 1. The van der Waals surface area contributed by atoms with Crippen LogP contribution in [0.3, 0.4) is 0 Å². The maximum absolute atomic E-state index is 6.32. The van der Waals surface area contributed by atoms with Gasteiger partial charge in [-0.15, -0.1) is 0 Å². The predicted molar refractivity (Wildman–Crippen MR) is 101 cm³/mol. The van der Waals surface area contributed by atoms with Gasteiger partial charge in [0.05, 0.1) is 11.6 Å². The summed E-state index contributed by atoms with van der Waals surface area (Å²) >= 11 is 6.32. The summed E-state index contributed by atoms with van der Waals surface area (Å²) in [6, 6.07) is 14.4. The molecule has 0 aliphatic carbocycles. The largest absolute Gasteiger partial charge is 0.492 e. The van der Waals surface area contributed by atoms with Crippen molar-refractivity contribution in [2.75, 3.05) is 13.2 Å². The van der Waals surface area contributed by atoms with Crippen LogP contribution in [0, 0.1) is 6.92 Å². The van der Waals surface area contributed by atoms with Gasteiger partial charge in [0.15, 0.2) is 0 Å². The molecule has 24 heavy (non-hydrogen) atoms. The van der Waals surface area contributed by atoms with E-state index in [-0.39, 0.29) is 5.92 Å². The Hall–Kier alpha value is -1.97. The summed E-state index contributed by atoms with van der Waals surface area (Å²) in [7, 11) is 0. The fourth-order valence-corrected chi connectivity index (χ4v) is 3.61. The molecule has 0 spiro atoms. The minimum atomic E-state index is 0.246. The van der Waals surface area contributed by atoms with Crippen molar-refractivity contribution >= 4 is 22.5 Å². The first-order valence-electron chi connectivity index (χ1n) is 8.32. The topological polar surface area (TPSA) is 51.0 Å². The van der Waals surface area contributed by atoms with Crippen LogP contribution in [0.4, 0.5) is 0 Å². The minimum Gasteiger partial charge on any atom is -0.492 e. The summed E-state index contributed by atoms with van der Waals surface area (Å²) in [6.45, 7) is 5.27. The van der Waals surface area contributed by atoms with Crippen LogP contribution >= 0.6 is 11.6 Å². The van der Waals surface area contributed by atoms with Crippen molar-refractivity contribution in [2.45, 2.75) is 26.2 Å². The number of hydrogen-bond donors (Lipinski definition) is 2. The Kier molecular flexibility index (Phi) is 5.12. The number of ether oxygens (including phenoxy) is 1. The van der Waals surface area contributed by atoms with Crippen LogP contribution < -0.4 is 10.5 Å². The molecule has 0 amide bonds. The zero-order valence-electron chi connectivity index (χ0n) is 14.1. The smallest absolute Gasteiger partial charge is 0.137 e. The van der Waals surface area contributed by atoms with Gasteiger partial charge in [-0.3, -0.25) is 0 Å². The van der Waals surface area contributed by atoms with E-state index in [1.54, 1.807) is 0 Å². The molecule has 4 heteroatoms. The van der Waals surface area contributed by atoms with Gasteiger partial charge in [-0.1, -0.05) is 35.9 Å². The lowest BCUT2D eigenvalue weighted by Gasteiger charge is -2.17. The molecule has 3 nitrogen and oxygen atoms in total. The SMILES string of the molecule is CCOc1ccc(CC(CN)c2c(C)[nH]c3ccccc23)cc1Cl. The van der Waals surface area contributed by atoms with Gasteiger partial charge in [0, 0.05) is 22.5 Å². The highest BCUT2D eigenvalue weighted by atomic mass is 35.5. The molecule has 126 valence electrons. The number of para-hydroxylation sites is 1. The van der Waals surface area contributed by atoms with E-state index in [2.05, 4.69) is 36.2 Å². The van der Waals surface area contributed by atoms with Gasteiger partial charge in [-0.2, -0.15) is 0 Å². The van der Waals surface area contributed by atoms with E-state index in [9.17, 15) is 0 Å². The molecule has 0 saturated carbocycles. The van der Waals surface area contributed by atoms with Crippen LogP contribution in [0.15, 0.2) is 42.5 Å². The van der Waals surface area contributed by atoms with Gasteiger partial charge >= 0.3 is 0 Å². The highest BCUT2D eigenvalue weighted by molar-refractivity contribution is 6.32. The maximum atomic E-state index is 6.32. The van der Waals surface area contributed by atoms with Crippen LogP contribution in [0.25, 0.3) is 10.9 Å². The van der Waals surface area contributed by atoms with Crippen molar-refractivity contribution in [1.29, 1.82) is 0 Å². The van der Waals surface area contributed by atoms with Crippen LogP contribution in [0.2, 0.25) is 5.02 Å². The van der Waals surface area contributed by atoms with E-state index in [0.29, 0.717) is 18.2 Å². The Morgan fingerprint density at radius 2 is 2.00 bits per heavy atom. The second kappa shape index (κ2) is 7.29. The zero-order valence-corrected chi connectivity index (χ0v) is 14.9. The van der Waals surface area contributed by atoms with Gasteiger partial charge < -0.3 is 15.5 Å². The summed E-state index contributed by atoms with van der Waals surface area (Å²) < 4.78 is 5.51. The fraction of sp³-hybridized carbons (Fsp3) is 0.300. The number of rotatable bonds is 6. The third kappa shape index (κ3) is 3.28. The van der Waals surface area contributed by atoms with Gasteiger partial charge in [0.1, 0.15) is 5.75 Å². The van der Waals surface area contributed by atoms with Crippen LogP contribution in [-0.4, -0.2) is 18.1 Å². The Balaban J connectivity index is 1.92. The third-order valence-electron chi connectivity index (χ3n) is 4.41. The number of nitrogens with one attached hydrogen (secondary N) is 1. The first-order chi connectivity index (χ1) is 11.6. The first-order valence-corrected chi connectivity index (χ1v) is 8.70. The highest BCUT2D eigenvalue weighted by Crippen LogP contribution is 2.32. The first kappa shape index (κ1) is 16.9. The molecule has 0 saturated heterocycles. The highest BCUT2D eigenvalue weighted by Gasteiger charge is 2.18. The lowest BCUT2D eigenvalue weighted by molar-refractivity contribution is 0.340. The summed E-state index contributed by atoms with van der Waals surface area (Å²) in [5.41, 5.74) is 10.9. The average Bonchev–Trinajstić information content (AvgIpc) is 2.91. The molecule has 3 rings (SSSR count). The second-order valence-electron chi connectivity index (χ2n) is 6.04. The molecule has 1 heterocycles.